The third-order valence-corrected chi connectivity index (χ3v) is 3.26. The number of nitrogens with zero attached hydrogens (tertiary/aromatic N) is 2. The van der Waals surface area contributed by atoms with Gasteiger partial charge in [-0.1, -0.05) is 0 Å². The van der Waals surface area contributed by atoms with Crippen LogP contribution in [-0.4, -0.2) is 60.9 Å². The first-order valence-electron chi connectivity index (χ1n) is 6.38. The second-order valence-electron chi connectivity index (χ2n) is 4.29. The molecule has 1 unspecified atom stereocenters. The fourth-order valence-corrected chi connectivity index (χ4v) is 2.32. The van der Waals surface area contributed by atoms with E-state index in [0.717, 1.165) is 12.8 Å². The van der Waals surface area contributed by atoms with Crippen molar-refractivity contribution < 1.29 is 9.59 Å². The van der Waals surface area contributed by atoms with E-state index in [1.165, 1.54) is 0 Å². The van der Waals surface area contributed by atoms with Crippen LogP contribution in [0.15, 0.2) is 0 Å². The van der Waals surface area contributed by atoms with E-state index >= 15 is 0 Å². The monoisotopic (exact) mass is 277 g/mol. The van der Waals surface area contributed by atoms with E-state index < -0.39 is 0 Å². The summed E-state index contributed by atoms with van der Waals surface area (Å²) in [6, 6.07) is -0.240. The molecule has 5 nitrogen and oxygen atoms in total. The molecule has 0 aliphatic carbocycles. The van der Waals surface area contributed by atoms with Crippen molar-refractivity contribution in [2.75, 3.05) is 33.2 Å². The third kappa shape index (κ3) is 3.85. The van der Waals surface area contributed by atoms with Crippen molar-refractivity contribution in [3.8, 4) is 0 Å². The van der Waals surface area contributed by atoms with Gasteiger partial charge in [-0.3, -0.25) is 9.59 Å². The van der Waals surface area contributed by atoms with Crippen LogP contribution in [0.1, 0.15) is 26.7 Å². The fourth-order valence-electron chi connectivity index (χ4n) is 2.32. The predicted octanol–water partition coefficient (Wildman–Crippen LogP) is 0.487. The number of rotatable bonds is 5. The predicted molar refractivity (Wildman–Crippen MR) is 73.8 cm³/mol. The molecule has 0 radical (unpaired) electrons. The summed E-state index contributed by atoms with van der Waals surface area (Å²) in [7, 11) is 1.75. The lowest BCUT2D eigenvalue weighted by atomic mass is 10.2. The van der Waals surface area contributed by atoms with Gasteiger partial charge in [0.2, 0.25) is 11.8 Å². The van der Waals surface area contributed by atoms with Gasteiger partial charge in [0.1, 0.15) is 6.04 Å². The van der Waals surface area contributed by atoms with Gasteiger partial charge in [-0.25, -0.2) is 0 Å². The van der Waals surface area contributed by atoms with E-state index in [9.17, 15) is 9.59 Å². The summed E-state index contributed by atoms with van der Waals surface area (Å²) in [6.07, 6.45) is 1.72. The molecule has 1 saturated heterocycles. The Morgan fingerprint density at radius 3 is 2.44 bits per heavy atom. The van der Waals surface area contributed by atoms with Gasteiger partial charge in [0.25, 0.3) is 0 Å². The Hall–Kier alpha value is -0.810. The second kappa shape index (κ2) is 8.32. The van der Waals surface area contributed by atoms with Gasteiger partial charge in [0.05, 0.1) is 6.54 Å². The number of carbonyl (C=O) groups is 2. The topological polar surface area (TPSA) is 52.7 Å². The first-order valence-corrected chi connectivity index (χ1v) is 6.38. The van der Waals surface area contributed by atoms with E-state index in [4.69, 9.17) is 0 Å². The molecule has 1 fully saturated rings. The molecule has 0 saturated carbocycles. The molecule has 1 aliphatic heterocycles. The van der Waals surface area contributed by atoms with Crippen LogP contribution in [0, 0.1) is 0 Å². The highest BCUT2D eigenvalue weighted by molar-refractivity contribution is 5.89. The molecule has 0 aromatic carbocycles. The highest BCUT2D eigenvalue weighted by Crippen LogP contribution is 2.19. The van der Waals surface area contributed by atoms with Crippen molar-refractivity contribution in [1.82, 2.24) is 15.1 Å². The molecule has 1 aliphatic rings. The lowest BCUT2D eigenvalue weighted by Gasteiger charge is -2.29. The van der Waals surface area contributed by atoms with E-state index in [2.05, 4.69) is 5.32 Å². The fraction of sp³-hybridized carbons (Fsp3) is 0.833. The molecule has 1 atom stereocenters. The Labute approximate surface area is 115 Å². The van der Waals surface area contributed by atoms with Crippen molar-refractivity contribution in [3.05, 3.63) is 0 Å². The number of hydrogen-bond donors (Lipinski definition) is 1. The zero-order chi connectivity index (χ0) is 12.8. The Bertz CT molecular complexity index is 282. The van der Waals surface area contributed by atoms with Crippen molar-refractivity contribution in [2.24, 2.45) is 0 Å². The molecular formula is C12H24ClN3O2. The van der Waals surface area contributed by atoms with Gasteiger partial charge in [-0.05, 0) is 33.7 Å². The SMILES string of the molecule is CCN(CC)C(=O)C1CCCN1C(=O)CNC.Cl. The molecule has 0 aromatic heterocycles. The molecule has 18 heavy (non-hydrogen) atoms. The van der Waals surface area contributed by atoms with Crippen LogP contribution in [0.4, 0.5) is 0 Å². The maximum atomic E-state index is 12.2. The van der Waals surface area contributed by atoms with Crippen LogP contribution in [-0.2, 0) is 9.59 Å². The Balaban J connectivity index is 0.00000289. The number of hydrogen-bond acceptors (Lipinski definition) is 3. The molecule has 0 spiro atoms. The summed E-state index contributed by atoms with van der Waals surface area (Å²) >= 11 is 0. The number of halogens is 1. The molecule has 1 heterocycles. The van der Waals surface area contributed by atoms with Crippen molar-refractivity contribution in [3.63, 3.8) is 0 Å². The highest BCUT2D eigenvalue weighted by Gasteiger charge is 2.35. The normalized spacial score (nSPS) is 18.4. The number of amides is 2. The number of likely N-dealkylation sites (N-methyl/N-ethyl adjacent to an activating group) is 2. The maximum absolute atomic E-state index is 12.2. The lowest BCUT2D eigenvalue weighted by Crippen LogP contribution is -2.49. The number of nitrogens with one attached hydrogen (secondary N) is 1. The van der Waals surface area contributed by atoms with Crippen molar-refractivity contribution in [1.29, 1.82) is 0 Å². The summed E-state index contributed by atoms with van der Waals surface area (Å²) in [4.78, 5) is 27.6. The van der Waals surface area contributed by atoms with Crippen LogP contribution >= 0.6 is 12.4 Å². The average Bonchev–Trinajstić information content (AvgIpc) is 2.79. The molecule has 106 valence electrons. The minimum atomic E-state index is -0.240. The molecule has 0 bridgehead atoms. The summed E-state index contributed by atoms with van der Waals surface area (Å²) in [5.41, 5.74) is 0. The Morgan fingerprint density at radius 2 is 1.94 bits per heavy atom. The average molecular weight is 278 g/mol. The second-order valence-corrected chi connectivity index (χ2v) is 4.29. The van der Waals surface area contributed by atoms with E-state index in [0.29, 0.717) is 26.2 Å². The van der Waals surface area contributed by atoms with E-state index in [-0.39, 0.29) is 30.3 Å². The summed E-state index contributed by atoms with van der Waals surface area (Å²) in [5.74, 6) is 0.118. The molecule has 2 amide bonds. The maximum Gasteiger partial charge on any atom is 0.245 e. The number of likely N-dealkylation sites (tertiary alicyclic amines) is 1. The van der Waals surface area contributed by atoms with Crippen LogP contribution in [0.25, 0.3) is 0 Å². The lowest BCUT2D eigenvalue weighted by molar-refractivity contribution is -0.143. The first kappa shape index (κ1) is 17.2. The van der Waals surface area contributed by atoms with Crippen LogP contribution < -0.4 is 5.32 Å². The molecule has 1 rings (SSSR count). The molecule has 0 aromatic rings. The minimum absolute atomic E-state index is 0. The largest absolute Gasteiger partial charge is 0.341 e. The third-order valence-electron chi connectivity index (χ3n) is 3.26. The van der Waals surface area contributed by atoms with Gasteiger partial charge in [-0.2, -0.15) is 0 Å². The van der Waals surface area contributed by atoms with Gasteiger partial charge in [0.15, 0.2) is 0 Å². The van der Waals surface area contributed by atoms with Crippen LogP contribution in [0.2, 0.25) is 0 Å². The van der Waals surface area contributed by atoms with Gasteiger partial charge in [-0.15, -0.1) is 12.4 Å². The Morgan fingerprint density at radius 1 is 1.33 bits per heavy atom. The first-order chi connectivity index (χ1) is 8.15. The molecule has 6 heteroatoms. The zero-order valence-electron chi connectivity index (χ0n) is 11.4. The summed E-state index contributed by atoms with van der Waals surface area (Å²) in [6.45, 7) is 6.37. The zero-order valence-corrected chi connectivity index (χ0v) is 12.3. The highest BCUT2D eigenvalue weighted by atomic mass is 35.5. The smallest absolute Gasteiger partial charge is 0.245 e. The van der Waals surface area contributed by atoms with E-state index in [1.807, 2.05) is 13.8 Å². The summed E-state index contributed by atoms with van der Waals surface area (Å²) < 4.78 is 0. The van der Waals surface area contributed by atoms with Gasteiger partial charge in [0, 0.05) is 19.6 Å². The van der Waals surface area contributed by atoms with Gasteiger partial charge >= 0.3 is 0 Å². The van der Waals surface area contributed by atoms with E-state index in [1.54, 1.807) is 16.8 Å². The minimum Gasteiger partial charge on any atom is -0.341 e. The van der Waals surface area contributed by atoms with Gasteiger partial charge < -0.3 is 15.1 Å². The van der Waals surface area contributed by atoms with Crippen molar-refractivity contribution >= 4 is 24.2 Å². The van der Waals surface area contributed by atoms with Crippen molar-refractivity contribution in [2.45, 2.75) is 32.7 Å². The number of carbonyl (C=O) groups excluding carboxylic acids is 2. The van der Waals surface area contributed by atoms with Crippen LogP contribution in [0.5, 0.6) is 0 Å². The quantitative estimate of drug-likeness (QED) is 0.796. The standard InChI is InChI=1S/C12H23N3O2.ClH/c1-4-14(5-2)12(17)10-7-6-8-15(10)11(16)9-13-3;/h10,13H,4-9H2,1-3H3;1H. The Kier molecular flexibility index (Phi) is 7.95. The molecular weight excluding hydrogens is 254 g/mol. The molecule has 1 N–H and O–H groups in total. The van der Waals surface area contributed by atoms with Crippen LogP contribution in [0.3, 0.4) is 0 Å². The summed E-state index contributed by atoms with van der Waals surface area (Å²) in [5, 5.41) is 2.84.